The fourth-order valence-corrected chi connectivity index (χ4v) is 2.35. The molecule has 1 aromatic heterocycles. The minimum absolute atomic E-state index is 0.624. The zero-order chi connectivity index (χ0) is 11.7. The Morgan fingerprint density at radius 1 is 1.12 bits per heavy atom. The molecule has 4 nitrogen and oxygen atoms in total. The molecule has 2 aromatic rings. The summed E-state index contributed by atoms with van der Waals surface area (Å²) in [6.45, 7) is 2.35. The summed E-state index contributed by atoms with van der Waals surface area (Å²) in [7, 11) is 0. The summed E-state index contributed by atoms with van der Waals surface area (Å²) >= 11 is 0. The highest BCUT2D eigenvalue weighted by molar-refractivity contribution is 5.74. The van der Waals surface area contributed by atoms with Gasteiger partial charge in [-0.25, -0.2) is 0 Å². The fraction of sp³-hybridized carbons (Fsp3) is 0.308. The first-order chi connectivity index (χ1) is 8.34. The van der Waals surface area contributed by atoms with Crippen LogP contribution < -0.4 is 10.6 Å². The number of hydrogen-bond acceptors (Lipinski definition) is 3. The van der Waals surface area contributed by atoms with Gasteiger partial charge in [0.2, 0.25) is 0 Å². The molecule has 0 saturated carbocycles. The normalized spacial score (nSPS) is 15.4. The molecular formula is C13H16N4. The third-order valence-corrected chi connectivity index (χ3v) is 3.32. The molecule has 1 aromatic carbocycles. The van der Waals surface area contributed by atoms with Gasteiger partial charge < -0.3 is 10.6 Å². The van der Waals surface area contributed by atoms with Crippen molar-refractivity contribution in [2.75, 3.05) is 23.7 Å². The molecule has 4 heteroatoms. The van der Waals surface area contributed by atoms with Gasteiger partial charge in [0, 0.05) is 24.3 Å². The summed E-state index contributed by atoms with van der Waals surface area (Å²) in [4.78, 5) is 2.42. The van der Waals surface area contributed by atoms with E-state index in [4.69, 9.17) is 5.73 Å². The molecule has 0 spiro atoms. The molecule has 88 valence electrons. The SMILES string of the molecule is Nc1[nH]ncc1-c1ccc(N2CCCC2)cc1. The van der Waals surface area contributed by atoms with Crippen LogP contribution in [0.3, 0.4) is 0 Å². The van der Waals surface area contributed by atoms with E-state index in [9.17, 15) is 0 Å². The van der Waals surface area contributed by atoms with Crippen molar-refractivity contribution in [2.24, 2.45) is 0 Å². The Hall–Kier alpha value is -1.97. The number of aromatic nitrogens is 2. The maximum Gasteiger partial charge on any atom is 0.126 e. The first-order valence-corrected chi connectivity index (χ1v) is 5.99. The molecular weight excluding hydrogens is 212 g/mol. The zero-order valence-corrected chi connectivity index (χ0v) is 9.69. The van der Waals surface area contributed by atoms with E-state index in [0.717, 1.165) is 11.1 Å². The molecule has 17 heavy (non-hydrogen) atoms. The summed E-state index contributed by atoms with van der Waals surface area (Å²) in [6.07, 6.45) is 4.37. The Kier molecular flexibility index (Phi) is 2.48. The maximum absolute atomic E-state index is 5.80. The number of aromatic amines is 1. The van der Waals surface area contributed by atoms with E-state index in [-0.39, 0.29) is 0 Å². The first kappa shape index (κ1) is 10.2. The van der Waals surface area contributed by atoms with Crippen LogP contribution in [0.25, 0.3) is 11.1 Å². The average Bonchev–Trinajstić information content (AvgIpc) is 3.00. The highest BCUT2D eigenvalue weighted by atomic mass is 15.1. The summed E-state index contributed by atoms with van der Waals surface area (Å²) < 4.78 is 0. The number of rotatable bonds is 2. The smallest absolute Gasteiger partial charge is 0.126 e. The quantitative estimate of drug-likeness (QED) is 0.829. The first-order valence-electron chi connectivity index (χ1n) is 5.99. The van der Waals surface area contributed by atoms with Crippen LogP contribution in [0.2, 0.25) is 0 Å². The van der Waals surface area contributed by atoms with Gasteiger partial charge in [-0.05, 0) is 30.5 Å². The van der Waals surface area contributed by atoms with Crippen LogP contribution in [0.1, 0.15) is 12.8 Å². The topological polar surface area (TPSA) is 57.9 Å². The number of nitrogens with one attached hydrogen (secondary N) is 1. The van der Waals surface area contributed by atoms with E-state index < -0.39 is 0 Å². The van der Waals surface area contributed by atoms with Crippen molar-refractivity contribution in [2.45, 2.75) is 12.8 Å². The van der Waals surface area contributed by atoms with E-state index >= 15 is 0 Å². The predicted octanol–water partition coefficient (Wildman–Crippen LogP) is 2.26. The number of nitrogens with zero attached hydrogens (tertiary/aromatic N) is 2. The average molecular weight is 228 g/mol. The number of H-pyrrole nitrogens is 1. The molecule has 1 aliphatic rings. The van der Waals surface area contributed by atoms with Gasteiger partial charge in [-0.3, -0.25) is 5.10 Å². The Bertz CT molecular complexity index is 494. The highest BCUT2D eigenvalue weighted by Crippen LogP contribution is 2.27. The van der Waals surface area contributed by atoms with Crippen LogP contribution in [-0.2, 0) is 0 Å². The Morgan fingerprint density at radius 3 is 2.41 bits per heavy atom. The summed E-state index contributed by atoms with van der Waals surface area (Å²) in [6, 6.07) is 8.53. The van der Waals surface area contributed by atoms with Gasteiger partial charge in [-0.2, -0.15) is 5.10 Å². The van der Waals surface area contributed by atoms with Gasteiger partial charge in [0.05, 0.1) is 6.20 Å². The zero-order valence-electron chi connectivity index (χ0n) is 9.69. The van der Waals surface area contributed by atoms with Crippen molar-refractivity contribution in [1.29, 1.82) is 0 Å². The molecule has 1 saturated heterocycles. The molecule has 0 atom stereocenters. The van der Waals surface area contributed by atoms with Crippen LogP contribution >= 0.6 is 0 Å². The van der Waals surface area contributed by atoms with Crippen LogP contribution in [0.5, 0.6) is 0 Å². The number of nitrogens with two attached hydrogens (primary N) is 1. The molecule has 3 rings (SSSR count). The van der Waals surface area contributed by atoms with Crippen LogP contribution in [0, 0.1) is 0 Å². The van der Waals surface area contributed by atoms with Gasteiger partial charge >= 0.3 is 0 Å². The number of benzene rings is 1. The Morgan fingerprint density at radius 2 is 1.82 bits per heavy atom. The highest BCUT2D eigenvalue weighted by Gasteiger charge is 2.12. The van der Waals surface area contributed by atoms with Gasteiger partial charge in [-0.15, -0.1) is 0 Å². The number of hydrogen-bond donors (Lipinski definition) is 2. The van der Waals surface area contributed by atoms with Crippen molar-refractivity contribution >= 4 is 11.5 Å². The second-order valence-corrected chi connectivity index (χ2v) is 4.44. The van der Waals surface area contributed by atoms with Crippen molar-refractivity contribution in [3.8, 4) is 11.1 Å². The van der Waals surface area contributed by atoms with Gasteiger partial charge in [0.15, 0.2) is 0 Å². The largest absolute Gasteiger partial charge is 0.384 e. The lowest BCUT2D eigenvalue weighted by Crippen LogP contribution is -2.17. The van der Waals surface area contributed by atoms with Crippen LogP contribution in [0.15, 0.2) is 30.5 Å². The standard InChI is InChI=1S/C13H16N4/c14-13-12(9-15-16-13)10-3-5-11(6-4-10)17-7-1-2-8-17/h3-6,9H,1-2,7-8H2,(H3,14,15,16). The molecule has 0 amide bonds. The van der Waals surface area contributed by atoms with Crippen molar-refractivity contribution in [3.05, 3.63) is 30.5 Å². The predicted molar refractivity (Wildman–Crippen MR) is 69.9 cm³/mol. The lowest BCUT2D eigenvalue weighted by Gasteiger charge is -2.17. The lowest BCUT2D eigenvalue weighted by atomic mass is 10.1. The number of anilines is 2. The molecule has 2 heterocycles. The molecule has 3 N–H and O–H groups in total. The van der Waals surface area contributed by atoms with E-state index in [0.29, 0.717) is 5.82 Å². The van der Waals surface area contributed by atoms with Crippen molar-refractivity contribution in [3.63, 3.8) is 0 Å². The van der Waals surface area contributed by atoms with Crippen molar-refractivity contribution in [1.82, 2.24) is 10.2 Å². The van der Waals surface area contributed by atoms with Gasteiger partial charge in [0.1, 0.15) is 5.82 Å². The summed E-state index contributed by atoms with van der Waals surface area (Å²) in [5, 5.41) is 6.69. The van der Waals surface area contributed by atoms with E-state index in [1.807, 2.05) is 0 Å². The van der Waals surface area contributed by atoms with Crippen LogP contribution in [-0.4, -0.2) is 23.3 Å². The Balaban J connectivity index is 1.87. The van der Waals surface area contributed by atoms with Crippen molar-refractivity contribution < 1.29 is 0 Å². The third-order valence-electron chi connectivity index (χ3n) is 3.32. The fourth-order valence-electron chi connectivity index (χ4n) is 2.35. The molecule has 0 aliphatic carbocycles. The van der Waals surface area contributed by atoms with Crippen LogP contribution in [0.4, 0.5) is 11.5 Å². The van der Waals surface area contributed by atoms with E-state index in [2.05, 4.69) is 39.4 Å². The second kappa shape index (κ2) is 4.13. The molecule has 1 aliphatic heterocycles. The Labute approximate surface area is 100 Å². The maximum atomic E-state index is 5.80. The lowest BCUT2D eigenvalue weighted by molar-refractivity contribution is 0.949. The minimum atomic E-state index is 0.624. The molecule has 1 fully saturated rings. The summed E-state index contributed by atoms with van der Waals surface area (Å²) in [5.74, 6) is 0.624. The summed E-state index contributed by atoms with van der Waals surface area (Å²) in [5.41, 5.74) is 9.18. The van der Waals surface area contributed by atoms with E-state index in [1.165, 1.54) is 31.6 Å². The third kappa shape index (κ3) is 1.86. The monoisotopic (exact) mass is 228 g/mol. The number of nitrogen functional groups attached to an aromatic ring is 1. The molecule has 0 unspecified atom stereocenters. The molecule has 0 bridgehead atoms. The van der Waals surface area contributed by atoms with Gasteiger partial charge in [-0.1, -0.05) is 12.1 Å². The minimum Gasteiger partial charge on any atom is -0.384 e. The van der Waals surface area contributed by atoms with E-state index in [1.54, 1.807) is 6.20 Å². The molecule has 0 radical (unpaired) electrons. The van der Waals surface area contributed by atoms with Gasteiger partial charge in [0.25, 0.3) is 0 Å². The second-order valence-electron chi connectivity index (χ2n) is 4.44.